The van der Waals surface area contributed by atoms with E-state index in [2.05, 4.69) is 45.9 Å². The summed E-state index contributed by atoms with van der Waals surface area (Å²) in [5.74, 6) is 0.595. The first-order valence-electron chi connectivity index (χ1n) is 6.83. The minimum absolute atomic E-state index is 0. The standard InChI is InChI=1S/C17H24.Co/c1-12-13(2)15(4)17(14(12)3)16-10-8-6-5-7-9-11-16;/h6,8,10,17H,5,7,9,11H2,1-4H3;. The second kappa shape index (κ2) is 6.58. The van der Waals surface area contributed by atoms with Crippen molar-refractivity contribution in [3.63, 3.8) is 0 Å². The van der Waals surface area contributed by atoms with Crippen molar-refractivity contribution in [1.29, 1.82) is 0 Å². The zero-order valence-corrected chi connectivity index (χ0v) is 13.0. The molecule has 2 aliphatic carbocycles. The molecule has 0 aliphatic heterocycles. The third kappa shape index (κ3) is 2.89. The van der Waals surface area contributed by atoms with Gasteiger partial charge in [-0.15, -0.1) is 0 Å². The predicted molar refractivity (Wildman–Crippen MR) is 75.9 cm³/mol. The van der Waals surface area contributed by atoms with E-state index in [4.69, 9.17) is 0 Å². The van der Waals surface area contributed by atoms with Crippen LogP contribution in [0.3, 0.4) is 0 Å². The summed E-state index contributed by atoms with van der Waals surface area (Å²) in [6.45, 7) is 9.16. The molecule has 101 valence electrons. The van der Waals surface area contributed by atoms with Crippen molar-refractivity contribution in [3.05, 3.63) is 46.1 Å². The van der Waals surface area contributed by atoms with E-state index in [9.17, 15) is 0 Å². The van der Waals surface area contributed by atoms with Gasteiger partial charge in [0.15, 0.2) is 0 Å². The van der Waals surface area contributed by atoms with E-state index in [0.29, 0.717) is 5.92 Å². The molecule has 0 aromatic heterocycles. The van der Waals surface area contributed by atoms with Crippen molar-refractivity contribution in [2.75, 3.05) is 0 Å². The molecule has 0 N–H and O–H groups in total. The fourth-order valence-electron chi connectivity index (χ4n) is 3.11. The summed E-state index contributed by atoms with van der Waals surface area (Å²) in [6, 6.07) is 0. The fourth-order valence-corrected chi connectivity index (χ4v) is 3.11. The quantitative estimate of drug-likeness (QED) is 0.610. The van der Waals surface area contributed by atoms with Crippen LogP contribution in [0.2, 0.25) is 0 Å². The molecule has 18 heavy (non-hydrogen) atoms. The molecule has 0 nitrogen and oxygen atoms in total. The van der Waals surface area contributed by atoms with E-state index in [1.807, 2.05) is 0 Å². The predicted octanol–water partition coefficient (Wildman–Crippen LogP) is 5.34. The molecule has 1 heteroatoms. The molecule has 0 unspecified atom stereocenters. The van der Waals surface area contributed by atoms with Crippen molar-refractivity contribution in [2.45, 2.75) is 53.4 Å². The summed E-state index contributed by atoms with van der Waals surface area (Å²) in [5, 5.41) is 0. The molecule has 0 saturated carbocycles. The Balaban J connectivity index is 0.00000162. The van der Waals surface area contributed by atoms with Crippen LogP contribution in [0.4, 0.5) is 0 Å². The average molecular weight is 287 g/mol. The van der Waals surface area contributed by atoms with Gasteiger partial charge in [-0.05, 0) is 64.5 Å². The van der Waals surface area contributed by atoms with Crippen LogP contribution in [0.25, 0.3) is 0 Å². The molecule has 2 aliphatic rings. The molecule has 0 saturated heterocycles. The maximum atomic E-state index is 2.36. The van der Waals surface area contributed by atoms with Crippen molar-refractivity contribution in [1.82, 2.24) is 0 Å². The Bertz CT molecular complexity index is 409. The number of allylic oxidation sites excluding steroid dienone is 8. The summed E-state index contributed by atoms with van der Waals surface area (Å²) < 4.78 is 0. The van der Waals surface area contributed by atoms with Crippen LogP contribution in [0.5, 0.6) is 0 Å². The number of rotatable bonds is 1. The minimum Gasteiger partial charge on any atom is -0.0845 e. The smallest absolute Gasteiger partial charge is 0.0225 e. The van der Waals surface area contributed by atoms with Gasteiger partial charge in [-0.2, -0.15) is 0 Å². The molecular weight excluding hydrogens is 263 g/mol. The summed E-state index contributed by atoms with van der Waals surface area (Å²) in [5.41, 5.74) is 7.78. The van der Waals surface area contributed by atoms with Gasteiger partial charge in [0.1, 0.15) is 0 Å². The zero-order chi connectivity index (χ0) is 12.4. The molecule has 1 radical (unpaired) electrons. The summed E-state index contributed by atoms with van der Waals surface area (Å²) in [4.78, 5) is 0. The molecule has 2 rings (SSSR count). The van der Waals surface area contributed by atoms with Crippen LogP contribution in [-0.2, 0) is 16.8 Å². The molecule has 0 heterocycles. The van der Waals surface area contributed by atoms with Crippen LogP contribution < -0.4 is 0 Å². The van der Waals surface area contributed by atoms with E-state index in [1.54, 1.807) is 16.7 Å². The Morgan fingerprint density at radius 3 is 2.17 bits per heavy atom. The summed E-state index contributed by atoms with van der Waals surface area (Å²) in [7, 11) is 0. The van der Waals surface area contributed by atoms with Gasteiger partial charge in [-0.1, -0.05) is 34.9 Å². The second-order valence-electron chi connectivity index (χ2n) is 5.46. The Labute approximate surface area is 122 Å². The monoisotopic (exact) mass is 287 g/mol. The van der Waals surface area contributed by atoms with E-state index in [1.165, 1.54) is 36.8 Å². The minimum atomic E-state index is 0. The van der Waals surface area contributed by atoms with E-state index in [-0.39, 0.29) is 16.8 Å². The maximum Gasteiger partial charge on any atom is 0.0225 e. The van der Waals surface area contributed by atoms with Gasteiger partial charge in [-0.25, -0.2) is 0 Å². The third-order valence-corrected chi connectivity index (χ3v) is 4.51. The largest absolute Gasteiger partial charge is 0.0845 e. The van der Waals surface area contributed by atoms with Gasteiger partial charge in [-0.3, -0.25) is 0 Å². The molecule has 0 atom stereocenters. The third-order valence-electron chi connectivity index (χ3n) is 4.51. The van der Waals surface area contributed by atoms with E-state index in [0.717, 1.165) is 0 Å². The van der Waals surface area contributed by atoms with Gasteiger partial charge in [0.25, 0.3) is 0 Å². The van der Waals surface area contributed by atoms with Crippen LogP contribution in [0, 0.1) is 5.92 Å². The summed E-state index contributed by atoms with van der Waals surface area (Å²) >= 11 is 0. The Morgan fingerprint density at radius 1 is 0.944 bits per heavy atom. The fraction of sp³-hybridized carbons (Fsp3) is 0.529. The van der Waals surface area contributed by atoms with Gasteiger partial charge in [0, 0.05) is 22.7 Å². The van der Waals surface area contributed by atoms with Gasteiger partial charge < -0.3 is 0 Å². The molecule has 0 aromatic carbocycles. The molecule has 0 fully saturated rings. The van der Waals surface area contributed by atoms with E-state index >= 15 is 0 Å². The normalized spacial score (nSPS) is 21.7. The Kier molecular flexibility index (Phi) is 5.67. The van der Waals surface area contributed by atoms with Crippen molar-refractivity contribution in [2.24, 2.45) is 5.92 Å². The zero-order valence-electron chi connectivity index (χ0n) is 12.0. The van der Waals surface area contributed by atoms with Crippen LogP contribution in [0.1, 0.15) is 53.4 Å². The van der Waals surface area contributed by atoms with Gasteiger partial charge in [0.2, 0.25) is 0 Å². The van der Waals surface area contributed by atoms with Crippen molar-refractivity contribution in [3.8, 4) is 0 Å². The molecule has 0 aromatic rings. The van der Waals surface area contributed by atoms with Crippen LogP contribution >= 0.6 is 0 Å². The topological polar surface area (TPSA) is 0 Å². The average Bonchev–Trinajstić information content (AvgIpc) is 2.45. The SMILES string of the molecule is CC1=C(C)C(C2=CC=CCCCC2)C(C)=C1C.[Co]. The van der Waals surface area contributed by atoms with Crippen LogP contribution in [0.15, 0.2) is 46.1 Å². The molecular formula is C17H24Co. The van der Waals surface area contributed by atoms with E-state index < -0.39 is 0 Å². The number of hydrogen-bond acceptors (Lipinski definition) is 0. The molecule has 0 amide bonds. The molecule has 0 spiro atoms. The maximum absolute atomic E-state index is 2.36. The summed E-state index contributed by atoms with van der Waals surface area (Å²) in [6.07, 6.45) is 12.1. The van der Waals surface area contributed by atoms with Crippen molar-refractivity contribution < 1.29 is 16.8 Å². The number of hydrogen-bond donors (Lipinski definition) is 0. The van der Waals surface area contributed by atoms with Gasteiger partial charge in [0.05, 0.1) is 0 Å². The van der Waals surface area contributed by atoms with Crippen molar-refractivity contribution >= 4 is 0 Å². The molecule has 0 bridgehead atoms. The second-order valence-corrected chi connectivity index (χ2v) is 5.46. The Hall–Kier alpha value is -0.534. The first kappa shape index (κ1) is 15.5. The Morgan fingerprint density at radius 2 is 1.56 bits per heavy atom. The first-order chi connectivity index (χ1) is 8.13. The van der Waals surface area contributed by atoms with Gasteiger partial charge >= 0.3 is 0 Å². The van der Waals surface area contributed by atoms with Crippen LogP contribution in [-0.4, -0.2) is 0 Å². The first-order valence-corrected chi connectivity index (χ1v) is 6.83.